The van der Waals surface area contributed by atoms with Crippen LogP contribution in [0.5, 0.6) is 0 Å². The molecule has 6 heteroatoms. The van der Waals surface area contributed by atoms with E-state index in [4.69, 9.17) is 5.11 Å². The molecule has 2 N–H and O–H groups in total. The van der Waals surface area contributed by atoms with E-state index in [9.17, 15) is 4.79 Å². The van der Waals surface area contributed by atoms with Crippen molar-refractivity contribution >= 4 is 22.3 Å². The highest BCUT2D eigenvalue weighted by molar-refractivity contribution is 7.14. The van der Waals surface area contributed by atoms with Crippen LogP contribution in [0.3, 0.4) is 0 Å². The SMILES string of the molecule is O=C(O)c1ncsc1NCCN1CCCCC1. The second kappa shape index (κ2) is 5.97. The van der Waals surface area contributed by atoms with E-state index in [2.05, 4.69) is 15.2 Å². The van der Waals surface area contributed by atoms with Crippen LogP contribution in [0.1, 0.15) is 29.8 Å². The molecule has 2 heterocycles. The smallest absolute Gasteiger partial charge is 0.357 e. The molecule has 2 rings (SSSR count). The van der Waals surface area contributed by atoms with Crippen LogP contribution in [0.25, 0.3) is 0 Å². The summed E-state index contributed by atoms with van der Waals surface area (Å²) in [5.41, 5.74) is 1.70. The van der Waals surface area contributed by atoms with E-state index in [0.717, 1.165) is 26.2 Å². The van der Waals surface area contributed by atoms with Gasteiger partial charge in [-0.2, -0.15) is 0 Å². The van der Waals surface area contributed by atoms with Crippen molar-refractivity contribution in [3.63, 3.8) is 0 Å². The Hall–Kier alpha value is -1.14. The van der Waals surface area contributed by atoms with Gasteiger partial charge in [0.1, 0.15) is 5.00 Å². The molecule has 17 heavy (non-hydrogen) atoms. The van der Waals surface area contributed by atoms with Crippen LogP contribution in [0, 0.1) is 0 Å². The van der Waals surface area contributed by atoms with Crippen LogP contribution < -0.4 is 5.32 Å². The number of aromatic carboxylic acids is 1. The third-order valence-corrected chi connectivity index (χ3v) is 3.72. The maximum atomic E-state index is 10.8. The Morgan fingerprint density at radius 2 is 2.24 bits per heavy atom. The summed E-state index contributed by atoms with van der Waals surface area (Å²) in [6.45, 7) is 4.08. The summed E-state index contributed by atoms with van der Waals surface area (Å²) in [4.78, 5) is 17.1. The minimum absolute atomic E-state index is 0.133. The summed E-state index contributed by atoms with van der Waals surface area (Å²) in [5.74, 6) is -0.966. The van der Waals surface area contributed by atoms with Crippen molar-refractivity contribution in [2.45, 2.75) is 19.3 Å². The highest BCUT2D eigenvalue weighted by Crippen LogP contribution is 2.19. The van der Waals surface area contributed by atoms with Crippen molar-refractivity contribution in [3.8, 4) is 0 Å². The number of carboxylic acid groups (broad SMARTS) is 1. The van der Waals surface area contributed by atoms with E-state index >= 15 is 0 Å². The van der Waals surface area contributed by atoms with Crippen molar-refractivity contribution in [1.82, 2.24) is 9.88 Å². The number of piperidine rings is 1. The number of likely N-dealkylation sites (tertiary alicyclic amines) is 1. The molecule has 0 bridgehead atoms. The summed E-state index contributed by atoms with van der Waals surface area (Å²) in [5, 5.41) is 12.7. The van der Waals surface area contributed by atoms with Gasteiger partial charge in [0, 0.05) is 13.1 Å². The van der Waals surface area contributed by atoms with E-state index in [1.807, 2.05) is 0 Å². The fraction of sp³-hybridized carbons (Fsp3) is 0.636. The number of thiazole rings is 1. The maximum Gasteiger partial charge on any atom is 0.357 e. The fourth-order valence-electron chi connectivity index (χ4n) is 2.03. The standard InChI is InChI=1S/C11H17N3O2S/c15-11(16)9-10(17-8-13-9)12-4-7-14-5-2-1-3-6-14/h8,12H,1-7H2,(H,15,16). The van der Waals surface area contributed by atoms with Gasteiger partial charge in [0.05, 0.1) is 5.51 Å². The van der Waals surface area contributed by atoms with Crippen LogP contribution in [0.15, 0.2) is 5.51 Å². The molecule has 1 saturated heterocycles. The molecule has 94 valence electrons. The van der Waals surface area contributed by atoms with E-state index in [1.165, 1.54) is 30.6 Å². The lowest BCUT2D eigenvalue weighted by atomic mass is 10.1. The first-order valence-electron chi connectivity index (χ1n) is 5.90. The predicted molar refractivity (Wildman–Crippen MR) is 67.9 cm³/mol. The molecule has 0 saturated carbocycles. The molecule has 0 radical (unpaired) electrons. The number of hydrogen-bond donors (Lipinski definition) is 2. The molecule has 0 unspecified atom stereocenters. The minimum atomic E-state index is -0.966. The lowest BCUT2D eigenvalue weighted by molar-refractivity contribution is 0.0692. The van der Waals surface area contributed by atoms with Gasteiger partial charge in [0.2, 0.25) is 0 Å². The van der Waals surface area contributed by atoms with Gasteiger partial charge in [-0.1, -0.05) is 6.42 Å². The van der Waals surface area contributed by atoms with Gasteiger partial charge in [-0.15, -0.1) is 11.3 Å². The zero-order chi connectivity index (χ0) is 12.1. The Morgan fingerprint density at radius 1 is 1.47 bits per heavy atom. The van der Waals surface area contributed by atoms with Gasteiger partial charge in [-0.3, -0.25) is 0 Å². The average Bonchev–Trinajstić information content (AvgIpc) is 2.79. The average molecular weight is 255 g/mol. The highest BCUT2D eigenvalue weighted by atomic mass is 32.1. The van der Waals surface area contributed by atoms with E-state index < -0.39 is 5.97 Å². The first kappa shape index (κ1) is 12.3. The number of anilines is 1. The Kier molecular flexibility index (Phi) is 4.33. The number of nitrogens with one attached hydrogen (secondary N) is 1. The maximum absolute atomic E-state index is 10.8. The first-order chi connectivity index (χ1) is 8.27. The van der Waals surface area contributed by atoms with Gasteiger partial charge >= 0.3 is 5.97 Å². The van der Waals surface area contributed by atoms with Crippen molar-refractivity contribution in [1.29, 1.82) is 0 Å². The normalized spacial score (nSPS) is 16.9. The largest absolute Gasteiger partial charge is 0.476 e. The predicted octanol–water partition coefficient (Wildman–Crippen LogP) is 1.74. The molecule has 1 aromatic heterocycles. The number of aromatic nitrogens is 1. The third-order valence-electron chi connectivity index (χ3n) is 2.93. The third kappa shape index (κ3) is 3.41. The zero-order valence-corrected chi connectivity index (χ0v) is 10.5. The van der Waals surface area contributed by atoms with Crippen molar-refractivity contribution in [2.75, 3.05) is 31.5 Å². The van der Waals surface area contributed by atoms with Crippen molar-refractivity contribution < 1.29 is 9.90 Å². The Balaban J connectivity index is 1.77. The molecule has 0 aromatic carbocycles. The van der Waals surface area contributed by atoms with E-state index in [-0.39, 0.29) is 5.69 Å². The number of nitrogens with zero attached hydrogens (tertiary/aromatic N) is 2. The highest BCUT2D eigenvalue weighted by Gasteiger charge is 2.14. The molecule has 5 nitrogen and oxygen atoms in total. The molecule has 0 spiro atoms. The Morgan fingerprint density at radius 3 is 2.94 bits per heavy atom. The minimum Gasteiger partial charge on any atom is -0.476 e. The van der Waals surface area contributed by atoms with E-state index in [1.54, 1.807) is 5.51 Å². The molecular weight excluding hydrogens is 238 g/mol. The molecule has 1 aliphatic rings. The summed E-state index contributed by atoms with van der Waals surface area (Å²) in [6, 6.07) is 0. The van der Waals surface area contributed by atoms with Crippen LogP contribution in [-0.2, 0) is 0 Å². The summed E-state index contributed by atoms with van der Waals surface area (Å²) in [6.07, 6.45) is 3.89. The van der Waals surface area contributed by atoms with Gasteiger partial charge in [-0.05, 0) is 25.9 Å². The lowest BCUT2D eigenvalue weighted by Crippen LogP contribution is -2.33. The molecule has 1 fully saturated rings. The molecule has 0 atom stereocenters. The topological polar surface area (TPSA) is 65.5 Å². The Bertz CT molecular complexity index is 375. The summed E-state index contributed by atoms with van der Waals surface area (Å²) in [7, 11) is 0. The van der Waals surface area contributed by atoms with E-state index in [0.29, 0.717) is 5.00 Å². The summed E-state index contributed by atoms with van der Waals surface area (Å²) < 4.78 is 0. The van der Waals surface area contributed by atoms with Crippen LogP contribution >= 0.6 is 11.3 Å². The monoisotopic (exact) mass is 255 g/mol. The lowest BCUT2D eigenvalue weighted by Gasteiger charge is -2.26. The first-order valence-corrected chi connectivity index (χ1v) is 6.78. The van der Waals surface area contributed by atoms with Crippen molar-refractivity contribution in [3.05, 3.63) is 11.2 Å². The number of hydrogen-bond acceptors (Lipinski definition) is 5. The molecule has 1 aliphatic heterocycles. The molecule has 0 aliphatic carbocycles. The zero-order valence-electron chi connectivity index (χ0n) is 9.69. The number of carbonyl (C=O) groups is 1. The molecule has 0 amide bonds. The van der Waals surface area contributed by atoms with Crippen molar-refractivity contribution in [2.24, 2.45) is 0 Å². The van der Waals surface area contributed by atoms with Gasteiger partial charge in [0.15, 0.2) is 5.69 Å². The van der Waals surface area contributed by atoms with Gasteiger partial charge < -0.3 is 15.3 Å². The Labute approximate surface area is 104 Å². The quantitative estimate of drug-likeness (QED) is 0.839. The number of carboxylic acids is 1. The molecule has 1 aromatic rings. The van der Waals surface area contributed by atoms with Crippen LogP contribution in [0.4, 0.5) is 5.00 Å². The van der Waals surface area contributed by atoms with Gasteiger partial charge in [0.25, 0.3) is 0 Å². The molecular formula is C11H17N3O2S. The van der Waals surface area contributed by atoms with Crippen LogP contribution in [-0.4, -0.2) is 47.1 Å². The summed E-state index contributed by atoms with van der Waals surface area (Å²) >= 11 is 1.34. The number of rotatable bonds is 5. The fourth-order valence-corrected chi connectivity index (χ4v) is 2.74. The second-order valence-corrected chi connectivity index (χ2v) is 5.02. The van der Waals surface area contributed by atoms with Gasteiger partial charge in [-0.25, -0.2) is 9.78 Å². The van der Waals surface area contributed by atoms with Crippen LogP contribution in [0.2, 0.25) is 0 Å². The second-order valence-electron chi connectivity index (χ2n) is 4.16.